The summed E-state index contributed by atoms with van der Waals surface area (Å²) < 4.78 is 6.88. The molecule has 1 N–H and O–H groups in total. The second kappa shape index (κ2) is 4.68. The van der Waals surface area contributed by atoms with Crippen molar-refractivity contribution in [1.82, 2.24) is 20.2 Å². The summed E-state index contributed by atoms with van der Waals surface area (Å²) in [5, 5.41) is 20.3. The molecule has 0 unspecified atom stereocenters. The summed E-state index contributed by atoms with van der Waals surface area (Å²) in [4.78, 5) is 10.6. The number of hydrogen-bond donors (Lipinski definition) is 1. The van der Waals surface area contributed by atoms with Crippen molar-refractivity contribution in [2.45, 2.75) is 18.8 Å². The van der Waals surface area contributed by atoms with Gasteiger partial charge in [-0.3, -0.25) is 0 Å². The number of aliphatic carboxylic acids is 1. The van der Waals surface area contributed by atoms with E-state index in [0.29, 0.717) is 17.4 Å². The van der Waals surface area contributed by atoms with Crippen LogP contribution in [0.4, 0.5) is 0 Å². The van der Waals surface area contributed by atoms with Crippen molar-refractivity contribution >= 4 is 5.97 Å². The predicted octanol–water partition coefficient (Wildman–Crippen LogP) is 1.00. The molecule has 1 saturated carbocycles. The van der Waals surface area contributed by atoms with Crippen molar-refractivity contribution in [1.29, 1.82) is 0 Å². The first-order valence-corrected chi connectivity index (χ1v) is 5.98. The Morgan fingerprint density at radius 2 is 2.21 bits per heavy atom. The third kappa shape index (κ3) is 2.40. The molecule has 0 bridgehead atoms. The Balaban J connectivity index is 1.94. The summed E-state index contributed by atoms with van der Waals surface area (Å²) in [5.74, 6) is 0.627. The van der Waals surface area contributed by atoms with Crippen LogP contribution < -0.4 is 4.74 Å². The molecule has 0 saturated heterocycles. The van der Waals surface area contributed by atoms with Gasteiger partial charge in [-0.25, -0.2) is 4.79 Å². The van der Waals surface area contributed by atoms with E-state index in [0.717, 1.165) is 18.7 Å². The van der Waals surface area contributed by atoms with Crippen LogP contribution in [0.3, 0.4) is 0 Å². The molecule has 0 aliphatic heterocycles. The molecule has 3 rings (SSSR count). The van der Waals surface area contributed by atoms with Crippen molar-refractivity contribution in [2.24, 2.45) is 0 Å². The highest BCUT2D eigenvalue weighted by atomic mass is 16.5. The average molecular weight is 260 g/mol. The first-order valence-electron chi connectivity index (χ1n) is 5.98. The van der Waals surface area contributed by atoms with E-state index in [-0.39, 0.29) is 0 Å². The molecule has 0 amide bonds. The number of nitrogens with zero attached hydrogens (tertiary/aromatic N) is 4. The summed E-state index contributed by atoms with van der Waals surface area (Å²) in [6, 6.07) is 7.12. The van der Waals surface area contributed by atoms with Crippen LogP contribution in [0.1, 0.15) is 24.6 Å². The van der Waals surface area contributed by atoms with E-state index in [1.165, 1.54) is 0 Å². The quantitative estimate of drug-likeness (QED) is 0.862. The van der Waals surface area contributed by atoms with E-state index in [1.54, 1.807) is 22.9 Å². The first kappa shape index (κ1) is 11.6. The SMILES string of the molecule is O=C(O)COc1ccccc1-n1nnnc1C1CC1. The van der Waals surface area contributed by atoms with Gasteiger partial charge in [0.25, 0.3) is 0 Å². The molecule has 1 aromatic heterocycles. The minimum Gasteiger partial charge on any atom is -0.480 e. The van der Waals surface area contributed by atoms with Gasteiger partial charge in [0.1, 0.15) is 11.4 Å². The number of ether oxygens (including phenoxy) is 1. The number of carboxylic acids is 1. The molecule has 7 heteroatoms. The highest BCUT2D eigenvalue weighted by Crippen LogP contribution is 2.39. The molecule has 19 heavy (non-hydrogen) atoms. The average Bonchev–Trinajstić information content (AvgIpc) is 3.14. The lowest BCUT2D eigenvalue weighted by atomic mass is 10.3. The Morgan fingerprint density at radius 1 is 1.42 bits per heavy atom. The fraction of sp³-hybridized carbons (Fsp3) is 0.333. The molecule has 7 nitrogen and oxygen atoms in total. The summed E-state index contributed by atoms with van der Waals surface area (Å²) >= 11 is 0. The van der Waals surface area contributed by atoms with Crippen LogP contribution >= 0.6 is 0 Å². The maximum Gasteiger partial charge on any atom is 0.341 e. The van der Waals surface area contributed by atoms with Crippen LogP contribution in [0.2, 0.25) is 0 Å². The number of tetrazole rings is 1. The fourth-order valence-electron chi connectivity index (χ4n) is 1.86. The van der Waals surface area contributed by atoms with Crippen LogP contribution in [-0.4, -0.2) is 37.9 Å². The summed E-state index contributed by atoms with van der Waals surface area (Å²) in [7, 11) is 0. The van der Waals surface area contributed by atoms with E-state index >= 15 is 0 Å². The lowest BCUT2D eigenvalue weighted by Gasteiger charge is -2.10. The maximum absolute atomic E-state index is 10.6. The highest BCUT2D eigenvalue weighted by Gasteiger charge is 2.30. The van der Waals surface area contributed by atoms with Gasteiger partial charge in [-0.05, 0) is 35.4 Å². The summed E-state index contributed by atoms with van der Waals surface area (Å²) in [6.45, 7) is -0.391. The van der Waals surface area contributed by atoms with E-state index in [2.05, 4.69) is 15.5 Å². The molecule has 1 aromatic carbocycles. The minimum atomic E-state index is -1.02. The Hall–Kier alpha value is -2.44. The number of benzene rings is 1. The largest absolute Gasteiger partial charge is 0.480 e. The van der Waals surface area contributed by atoms with Gasteiger partial charge in [0.05, 0.1) is 0 Å². The van der Waals surface area contributed by atoms with Crippen LogP contribution in [0.5, 0.6) is 5.75 Å². The third-order valence-electron chi connectivity index (χ3n) is 2.88. The van der Waals surface area contributed by atoms with Crippen molar-refractivity contribution < 1.29 is 14.6 Å². The summed E-state index contributed by atoms with van der Waals surface area (Å²) in [5.41, 5.74) is 0.663. The Labute approximate surface area is 108 Å². The monoisotopic (exact) mass is 260 g/mol. The van der Waals surface area contributed by atoms with Gasteiger partial charge in [0.2, 0.25) is 0 Å². The number of aromatic nitrogens is 4. The molecule has 98 valence electrons. The molecule has 0 atom stereocenters. The van der Waals surface area contributed by atoms with Gasteiger partial charge >= 0.3 is 5.97 Å². The van der Waals surface area contributed by atoms with E-state index in [9.17, 15) is 4.79 Å². The summed E-state index contributed by atoms with van der Waals surface area (Å²) in [6.07, 6.45) is 2.16. The van der Waals surface area contributed by atoms with Crippen LogP contribution in [0.15, 0.2) is 24.3 Å². The lowest BCUT2D eigenvalue weighted by Crippen LogP contribution is -2.12. The van der Waals surface area contributed by atoms with E-state index in [1.807, 2.05) is 6.07 Å². The Bertz CT molecular complexity index is 607. The molecular weight excluding hydrogens is 248 g/mol. The van der Waals surface area contributed by atoms with Crippen LogP contribution in [0, 0.1) is 0 Å². The lowest BCUT2D eigenvalue weighted by molar-refractivity contribution is -0.139. The van der Waals surface area contributed by atoms with Crippen molar-refractivity contribution in [3.63, 3.8) is 0 Å². The smallest absolute Gasteiger partial charge is 0.341 e. The number of carbonyl (C=O) groups is 1. The standard InChI is InChI=1S/C12H12N4O3/c17-11(18)7-19-10-4-2-1-3-9(10)16-12(8-5-6-8)13-14-15-16/h1-4,8H,5-7H2,(H,17,18). The predicted molar refractivity (Wildman–Crippen MR) is 64.3 cm³/mol. The van der Waals surface area contributed by atoms with Crippen LogP contribution in [-0.2, 0) is 4.79 Å². The first-order chi connectivity index (χ1) is 9.25. The van der Waals surface area contributed by atoms with Crippen molar-refractivity contribution in [3.05, 3.63) is 30.1 Å². The van der Waals surface area contributed by atoms with E-state index in [4.69, 9.17) is 9.84 Å². The number of carboxylic acid groups (broad SMARTS) is 1. The second-order valence-electron chi connectivity index (χ2n) is 4.37. The molecule has 0 radical (unpaired) electrons. The highest BCUT2D eigenvalue weighted by molar-refractivity contribution is 5.68. The second-order valence-corrected chi connectivity index (χ2v) is 4.37. The van der Waals surface area contributed by atoms with Crippen LogP contribution in [0.25, 0.3) is 5.69 Å². The minimum absolute atomic E-state index is 0.391. The molecule has 1 aliphatic carbocycles. The van der Waals surface area contributed by atoms with Gasteiger partial charge in [-0.2, -0.15) is 4.68 Å². The maximum atomic E-state index is 10.6. The van der Waals surface area contributed by atoms with Crippen molar-refractivity contribution in [3.8, 4) is 11.4 Å². The molecule has 1 aliphatic rings. The van der Waals surface area contributed by atoms with Gasteiger partial charge < -0.3 is 9.84 Å². The van der Waals surface area contributed by atoms with Gasteiger partial charge in [0.15, 0.2) is 12.4 Å². The molecule has 2 aromatic rings. The topological polar surface area (TPSA) is 90.1 Å². The zero-order valence-corrected chi connectivity index (χ0v) is 10.1. The molecule has 0 spiro atoms. The number of hydrogen-bond acceptors (Lipinski definition) is 5. The molecular formula is C12H12N4O3. The van der Waals surface area contributed by atoms with Gasteiger partial charge in [0, 0.05) is 5.92 Å². The van der Waals surface area contributed by atoms with Crippen molar-refractivity contribution in [2.75, 3.05) is 6.61 Å². The van der Waals surface area contributed by atoms with Gasteiger partial charge in [-0.15, -0.1) is 5.10 Å². The van der Waals surface area contributed by atoms with E-state index < -0.39 is 12.6 Å². The van der Waals surface area contributed by atoms with Gasteiger partial charge in [-0.1, -0.05) is 12.1 Å². The normalized spacial score (nSPS) is 14.3. The molecule has 1 fully saturated rings. The Morgan fingerprint density at radius 3 is 2.95 bits per heavy atom. The fourth-order valence-corrected chi connectivity index (χ4v) is 1.86. The zero-order valence-electron chi connectivity index (χ0n) is 10.1. The third-order valence-corrected chi connectivity index (χ3v) is 2.88. The zero-order chi connectivity index (χ0) is 13.2. The molecule has 1 heterocycles. The number of rotatable bonds is 5. The number of para-hydroxylation sites is 2. The Kier molecular flexibility index (Phi) is 2.86.